The number of aromatic carboxylic acids is 1. The molecule has 5 heteroatoms. The van der Waals surface area contributed by atoms with E-state index in [0.29, 0.717) is 11.7 Å². The molecule has 0 saturated heterocycles. The zero-order chi connectivity index (χ0) is 13.8. The number of halogens is 1. The van der Waals surface area contributed by atoms with Gasteiger partial charge in [0.15, 0.2) is 0 Å². The number of pyridine rings is 1. The molecular formula is C14H19FN2O2. The molecule has 1 saturated carbocycles. The molecule has 0 unspecified atom stereocenters. The first-order chi connectivity index (χ1) is 9.08. The summed E-state index contributed by atoms with van der Waals surface area (Å²) >= 11 is 0. The maximum Gasteiger partial charge on any atom is 0.339 e. The zero-order valence-electron chi connectivity index (χ0n) is 11.1. The van der Waals surface area contributed by atoms with Crippen molar-refractivity contribution in [1.82, 2.24) is 4.98 Å². The Balaban J connectivity index is 2.13. The van der Waals surface area contributed by atoms with Crippen LogP contribution in [0.15, 0.2) is 12.3 Å². The monoisotopic (exact) mass is 266 g/mol. The largest absolute Gasteiger partial charge is 0.478 e. The molecule has 0 amide bonds. The molecule has 0 spiro atoms. The molecule has 1 heterocycles. The van der Waals surface area contributed by atoms with Crippen LogP contribution in [0, 0.1) is 11.7 Å². The molecule has 0 aliphatic heterocycles. The van der Waals surface area contributed by atoms with Gasteiger partial charge in [-0.3, -0.25) is 0 Å². The normalized spacial score (nSPS) is 16.3. The van der Waals surface area contributed by atoms with E-state index in [-0.39, 0.29) is 5.56 Å². The second-order valence-electron chi connectivity index (χ2n) is 5.21. The van der Waals surface area contributed by atoms with Gasteiger partial charge >= 0.3 is 5.97 Å². The summed E-state index contributed by atoms with van der Waals surface area (Å²) in [5.74, 6) is -0.837. The molecule has 4 nitrogen and oxygen atoms in total. The van der Waals surface area contributed by atoms with Crippen LogP contribution in [0.3, 0.4) is 0 Å². The maximum absolute atomic E-state index is 13.1. The van der Waals surface area contributed by atoms with Crippen LogP contribution >= 0.6 is 0 Å². The second-order valence-corrected chi connectivity index (χ2v) is 5.21. The van der Waals surface area contributed by atoms with Crippen molar-refractivity contribution in [3.05, 3.63) is 23.6 Å². The van der Waals surface area contributed by atoms with Crippen molar-refractivity contribution in [3.63, 3.8) is 0 Å². The van der Waals surface area contributed by atoms with E-state index in [1.807, 2.05) is 11.9 Å². The summed E-state index contributed by atoms with van der Waals surface area (Å²) in [5, 5.41) is 9.11. The van der Waals surface area contributed by atoms with Gasteiger partial charge in [0, 0.05) is 13.6 Å². The van der Waals surface area contributed by atoms with Gasteiger partial charge in [-0.25, -0.2) is 14.2 Å². The van der Waals surface area contributed by atoms with Crippen LogP contribution in [0.2, 0.25) is 0 Å². The van der Waals surface area contributed by atoms with Crippen molar-refractivity contribution < 1.29 is 14.3 Å². The number of rotatable bonds is 4. The van der Waals surface area contributed by atoms with E-state index in [1.165, 1.54) is 32.1 Å². The van der Waals surface area contributed by atoms with E-state index in [4.69, 9.17) is 5.11 Å². The van der Waals surface area contributed by atoms with Crippen molar-refractivity contribution in [2.75, 3.05) is 18.5 Å². The number of nitrogens with zero attached hydrogens (tertiary/aromatic N) is 2. The fourth-order valence-electron chi connectivity index (χ4n) is 2.74. The quantitative estimate of drug-likeness (QED) is 0.910. The molecule has 104 valence electrons. The van der Waals surface area contributed by atoms with Crippen molar-refractivity contribution in [3.8, 4) is 0 Å². The molecule has 1 aromatic heterocycles. The lowest BCUT2D eigenvalue weighted by molar-refractivity contribution is 0.0696. The van der Waals surface area contributed by atoms with E-state index in [0.717, 1.165) is 18.8 Å². The van der Waals surface area contributed by atoms with Crippen LogP contribution in [-0.4, -0.2) is 29.7 Å². The van der Waals surface area contributed by atoms with Gasteiger partial charge < -0.3 is 10.0 Å². The number of anilines is 1. The van der Waals surface area contributed by atoms with Gasteiger partial charge in [-0.15, -0.1) is 0 Å². The highest BCUT2D eigenvalue weighted by Gasteiger charge is 2.20. The molecule has 0 aromatic carbocycles. The zero-order valence-corrected chi connectivity index (χ0v) is 11.1. The molecule has 2 rings (SSSR count). The maximum atomic E-state index is 13.1. The second kappa shape index (κ2) is 5.99. The smallest absolute Gasteiger partial charge is 0.339 e. The van der Waals surface area contributed by atoms with Gasteiger partial charge in [0.05, 0.1) is 6.20 Å². The predicted molar refractivity (Wildman–Crippen MR) is 71.0 cm³/mol. The Morgan fingerprint density at radius 1 is 1.47 bits per heavy atom. The third-order valence-electron chi connectivity index (χ3n) is 3.68. The summed E-state index contributed by atoms with van der Waals surface area (Å²) in [6.45, 7) is 0.777. The van der Waals surface area contributed by atoms with Crippen molar-refractivity contribution >= 4 is 11.8 Å². The van der Waals surface area contributed by atoms with E-state index < -0.39 is 11.8 Å². The van der Waals surface area contributed by atoms with Crippen LogP contribution < -0.4 is 4.90 Å². The lowest BCUT2D eigenvalue weighted by atomic mass is 9.89. The fraction of sp³-hybridized carbons (Fsp3) is 0.571. The van der Waals surface area contributed by atoms with E-state index in [9.17, 15) is 9.18 Å². The van der Waals surface area contributed by atoms with Crippen LogP contribution in [0.5, 0.6) is 0 Å². The standard InChI is InChI=1S/C14H19FN2O2/c1-17(9-10-5-3-2-4-6-10)13-12(14(18)19)7-11(15)8-16-13/h7-8,10H,2-6,9H2,1H3,(H,18,19). The first-order valence-corrected chi connectivity index (χ1v) is 6.68. The van der Waals surface area contributed by atoms with Gasteiger partial charge in [0.2, 0.25) is 0 Å². The van der Waals surface area contributed by atoms with E-state index in [1.54, 1.807) is 0 Å². The number of hydrogen-bond acceptors (Lipinski definition) is 3. The minimum atomic E-state index is -1.14. The first kappa shape index (κ1) is 13.8. The predicted octanol–water partition coefficient (Wildman–Crippen LogP) is 2.94. The van der Waals surface area contributed by atoms with Crippen LogP contribution in [0.1, 0.15) is 42.5 Å². The summed E-state index contributed by atoms with van der Waals surface area (Å²) in [6.07, 6.45) is 7.18. The Morgan fingerprint density at radius 2 is 2.16 bits per heavy atom. The van der Waals surface area contributed by atoms with E-state index in [2.05, 4.69) is 4.98 Å². The molecule has 1 aliphatic carbocycles. The molecular weight excluding hydrogens is 247 g/mol. The summed E-state index contributed by atoms with van der Waals surface area (Å²) < 4.78 is 13.1. The lowest BCUT2D eigenvalue weighted by Gasteiger charge is -2.28. The van der Waals surface area contributed by atoms with E-state index >= 15 is 0 Å². The highest BCUT2D eigenvalue weighted by molar-refractivity contribution is 5.93. The van der Waals surface area contributed by atoms with Crippen LogP contribution in [0.25, 0.3) is 0 Å². The first-order valence-electron chi connectivity index (χ1n) is 6.68. The highest BCUT2D eigenvalue weighted by Crippen LogP contribution is 2.26. The van der Waals surface area contributed by atoms with Gasteiger partial charge in [-0.05, 0) is 24.8 Å². The van der Waals surface area contributed by atoms with Gasteiger partial charge in [-0.2, -0.15) is 0 Å². The Morgan fingerprint density at radius 3 is 2.79 bits per heavy atom. The Bertz CT molecular complexity index is 459. The molecule has 1 aromatic rings. The molecule has 19 heavy (non-hydrogen) atoms. The lowest BCUT2D eigenvalue weighted by Crippen LogP contribution is -2.29. The molecule has 1 fully saturated rings. The Labute approximate surface area is 112 Å². The molecule has 0 bridgehead atoms. The van der Waals surface area contributed by atoms with Gasteiger partial charge in [0.1, 0.15) is 17.2 Å². The van der Waals surface area contributed by atoms with Crippen molar-refractivity contribution in [1.29, 1.82) is 0 Å². The average Bonchev–Trinajstić information content (AvgIpc) is 2.39. The highest BCUT2D eigenvalue weighted by atomic mass is 19.1. The number of carboxylic acid groups (broad SMARTS) is 1. The van der Waals surface area contributed by atoms with Crippen molar-refractivity contribution in [2.45, 2.75) is 32.1 Å². The van der Waals surface area contributed by atoms with Crippen LogP contribution in [0.4, 0.5) is 10.2 Å². The number of carbonyl (C=O) groups is 1. The number of hydrogen-bond donors (Lipinski definition) is 1. The Hall–Kier alpha value is -1.65. The van der Waals surface area contributed by atoms with Gasteiger partial charge in [0.25, 0.3) is 0 Å². The molecule has 1 aliphatic rings. The topological polar surface area (TPSA) is 53.4 Å². The summed E-state index contributed by atoms with van der Waals surface area (Å²) in [7, 11) is 1.82. The third kappa shape index (κ3) is 3.43. The minimum absolute atomic E-state index is 0.0710. The SMILES string of the molecule is CN(CC1CCCCC1)c1ncc(F)cc1C(=O)O. The van der Waals surface area contributed by atoms with Crippen molar-refractivity contribution in [2.24, 2.45) is 5.92 Å². The average molecular weight is 266 g/mol. The molecule has 0 radical (unpaired) electrons. The number of carboxylic acids is 1. The fourth-order valence-corrected chi connectivity index (χ4v) is 2.74. The molecule has 1 N–H and O–H groups in total. The van der Waals surface area contributed by atoms with Gasteiger partial charge in [-0.1, -0.05) is 19.3 Å². The minimum Gasteiger partial charge on any atom is -0.478 e. The third-order valence-corrected chi connectivity index (χ3v) is 3.68. The summed E-state index contributed by atoms with van der Waals surface area (Å²) in [6, 6.07) is 1.03. The summed E-state index contributed by atoms with van der Waals surface area (Å²) in [5.41, 5.74) is -0.0710. The van der Waals surface area contributed by atoms with Crippen LogP contribution in [-0.2, 0) is 0 Å². The number of aromatic nitrogens is 1. The summed E-state index contributed by atoms with van der Waals surface area (Å²) in [4.78, 5) is 16.9. The Kier molecular flexibility index (Phi) is 4.35. The molecule has 0 atom stereocenters.